The summed E-state index contributed by atoms with van der Waals surface area (Å²) < 4.78 is 18.5. The maximum Gasteiger partial charge on any atom is -0.412 e. The zero-order chi connectivity index (χ0) is 24.6. The summed E-state index contributed by atoms with van der Waals surface area (Å²) in [5.74, 6) is 0.0784. The molecule has 2 N–H and O–H groups in total. The van der Waals surface area contributed by atoms with Crippen molar-refractivity contribution in [3.63, 3.8) is 0 Å². The summed E-state index contributed by atoms with van der Waals surface area (Å²) in [6.07, 6.45) is 22.0. The van der Waals surface area contributed by atoms with Crippen molar-refractivity contribution in [3.05, 3.63) is 0 Å². The molecule has 0 bridgehead atoms. The molecule has 4 nitrogen and oxygen atoms in total. The predicted molar refractivity (Wildman–Crippen MR) is 153 cm³/mol. The molecule has 0 saturated heterocycles. The second-order valence-corrected chi connectivity index (χ2v) is 29.1. The smallest absolute Gasteiger partial charge is 0.412 e. The van der Waals surface area contributed by atoms with E-state index in [1.54, 1.807) is 0 Å². The van der Waals surface area contributed by atoms with Gasteiger partial charge in [0.25, 0.3) is 0 Å². The van der Waals surface area contributed by atoms with Gasteiger partial charge in [-0.2, -0.15) is 0 Å². The molecular formula is C28H61O4Sn2. The predicted octanol–water partition coefficient (Wildman–Crippen LogP) is 9.28. The van der Waals surface area contributed by atoms with Crippen LogP contribution in [-0.4, -0.2) is 50.8 Å². The normalized spacial score (nSPS) is 11.6. The number of unbranched alkanes of at least 4 members (excludes halogenated alkanes) is 12. The minimum absolute atomic E-state index is 0. The van der Waals surface area contributed by atoms with Gasteiger partial charge in [0.2, 0.25) is 0 Å². The van der Waals surface area contributed by atoms with Gasteiger partial charge in [-0.05, 0) is 0 Å². The third-order valence-corrected chi connectivity index (χ3v) is 34.4. The summed E-state index contributed by atoms with van der Waals surface area (Å²) in [6, 6.07) is 0. The number of hydrogen-bond acceptors (Lipinski definition) is 3. The van der Waals surface area contributed by atoms with Crippen LogP contribution in [-0.2, 0) is 9.28 Å². The molecule has 0 spiro atoms. The van der Waals surface area contributed by atoms with Crippen LogP contribution in [0.4, 0.5) is 0 Å². The van der Waals surface area contributed by atoms with Gasteiger partial charge in [-0.15, -0.1) is 0 Å². The topological polar surface area (TPSA) is 67.0 Å². The van der Waals surface area contributed by atoms with Crippen LogP contribution in [0.15, 0.2) is 0 Å². The molecule has 34 heavy (non-hydrogen) atoms. The minimum atomic E-state index is -3.34. The Balaban J connectivity index is 0. The molecule has 0 aromatic rings. The zero-order valence-electron chi connectivity index (χ0n) is 23.8. The second kappa shape index (κ2) is 27.0. The van der Waals surface area contributed by atoms with Gasteiger partial charge in [0.15, 0.2) is 0 Å². The summed E-state index contributed by atoms with van der Waals surface area (Å²) >= 11 is -5.27. The molecule has 1 radical (unpaired) electrons. The van der Waals surface area contributed by atoms with E-state index in [2.05, 4.69) is 34.6 Å². The average Bonchev–Trinajstić information content (AvgIpc) is 2.82. The molecule has 0 saturated carbocycles. The van der Waals surface area contributed by atoms with Crippen LogP contribution in [0.5, 0.6) is 0 Å². The third kappa shape index (κ3) is 21.1. The monoisotopic (exact) mass is 701 g/mol. The molecule has 0 aromatic heterocycles. The first-order valence-electron chi connectivity index (χ1n) is 14.8. The van der Waals surface area contributed by atoms with E-state index in [0.29, 0.717) is 6.42 Å². The molecular weight excluding hydrogens is 638 g/mol. The van der Waals surface area contributed by atoms with Crippen LogP contribution in [0, 0.1) is 0 Å². The van der Waals surface area contributed by atoms with Crippen molar-refractivity contribution < 1.29 is 14.8 Å². The van der Waals surface area contributed by atoms with Crippen molar-refractivity contribution in [2.75, 3.05) is 0 Å². The van der Waals surface area contributed by atoms with Gasteiger partial charge in [-0.1, -0.05) is 6.92 Å². The standard InChI is InChI=1S/C12H24O2.4C4H9.H2O.O.2Sn/c1-2-3-4-5-6-7-8-9-10-11-12(13)14;4*1-3-4-2;;;;/h2-11H2,1H3,(H,13,14);4*1,3-4H2,2H3;1H2;;;/q;;;;;;;;+1/p-1. The molecule has 0 aliphatic carbocycles. The maximum atomic E-state index is 13.0. The van der Waals surface area contributed by atoms with Crippen molar-refractivity contribution in [1.29, 1.82) is 0 Å². The van der Waals surface area contributed by atoms with Gasteiger partial charge in [-0.25, -0.2) is 0 Å². The Bertz CT molecular complexity index is 419. The van der Waals surface area contributed by atoms with E-state index in [0.717, 1.165) is 15.3 Å². The zero-order valence-corrected chi connectivity index (χ0v) is 29.5. The molecule has 0 heterocycles. The van der Waals surface area contributed by atoms with Crippen molar-refractivity contribution >= 4 is 45.3 Å². The minimum Gasteiger partial charge on any atom is -0.412 e. The quantitative estimate of drug-likeness (QED) is 0.0705. The Morgan fingerprint density at radius 3 is 1.44 bits per heavy atom. The first kappa shape index (κ1) is 37.1. The van der Waals surface area contributed by atoms with Crippen molar-refractivity contribution in [3.8, 4) is 0 Å². The van der Waals surface area contributed by atoms with Crippen LogP contribution in [0.2, 0.25) is 17.7 Å². The van der Waals surface area contributed by atoms with Crippen LogP contribution >= 0.6 is 0 Å². The fourth-order valence-corrected chi connectivity index (χ4v) is 38.6. The van der Waals surface area contributed by atoms with E-state index in [9.17, 15) is 4.79 Å². The SMILES string of the molecule is CCCCCCCCCCCC(=O)[O][Sn]([CH2]CCC)([CH2]CCC)[O][Sn]([CH2]CCC)[CH2]CCC.O. The molecule has 0 rings (SSSR count). The number of rotatable bonds is 25. The molecule has 0 atom stereocenters. The molecule has 0 aromatic carbocycles. The van der Waals surface area contributed by atoms with Gasteiger partial charge in [0.05, 0.1) is 0 Å². The van der Waals surface area contributed by atoms with Gasteiger partial charge in [-0.3, -0.25) is 0 Å². The van der Waals surface area contributed by atoms with E-state index in [1.807, 2.05) is 0 Å². The Kier molecular flexibility index (Phi) is 29.5. The van der Waals surface area contributed by atoms with Gasteiger partial charge < -0.3 is 5.48 Å². The van der Waals surface area contributed by atoms with Gasteiger partial charge in [0, 0.05) is 0 Å². The fraction of sp³-hybridized carbons (Fsp3) is 0.964. The van der Waals surface area contributed by atoms with E-state index in [4.69, 9.17) is 4.49 Å². The van der Waals surface area contributed by atoms with E-state index in [1.165, 1.54) is 112 Å². The second-order valence-electron chi connectivity index (χ2n) is 10.0. The molecule has 0 fully saturated rings. The van der Waals surface area contributed by atoms with Crippen LogP contribution in [0.25, 0.3) is 0 Å². The van der Waals surface area contributed by atoms with Crippen LogP contribution in [0.3, 0.4) is 0 Å². The molecule has 205 valence electrons. The molecule has 0 unspecified atom stereocenters. The van der Waals surface area contributed by atoms with Crippen LogP contribution < -0.4 is 0 Å². The Hall–Kier alpha value is 0.987. The summed E-state index contributed by atoms with van der Waals surface area (Å²) in [6.45, 7) is 11.4. The number of carbonyl (C=O) groups is 1. The third-order valence-electron chi connectivity index (χ3n) is 6.56. The van der Waals surface area contributed by atoms with Crippen LogP contribution in [0.1, 0.15) is 150 Å². The first-order valence-corrected chi connectivity index (χ1v) is 26.4. The Morgan fingerprint density at radius 1 is 0.588 bits per heavy atom. The van der Waals surface area contributed by atoms with E-state index >= 15 is 0 Å². The summed E-state index contributed by atoms with van der Waals surface area (Å²) in [5.41, 5.74) is 0. The number of hydrogen-bond donors (Lipinski definition) is 0. The Labute approximate surface area is 226 Å². The van der Waals surface area contributed by atoms with Crippen molar-refractivity contribution in [2.45, 2.75) is 168 Å². The average molecular weight is 699 g/mol. The molecule has 0 amide bonds. The summed E-state index contributed by atoms with van der Waals surface area (Å²) in [4.78, 5) is 13.0. The van der Waals surface area contributed by atoms with Gasteiger partial charge >= 0.3 is 216 Å². The van der Waals surface area contributed by atoms with E-state index < -0.39 is 39.4 Å². The van der Waals surface area contributed by atoms with Crippen molar-refractivity contribution in [1.82, 2.24) is 0 Å². The molecule has 0 aliphatic heterocycles. The first-order chi connectivity index (χ1) is 16.1. The molecule has 0 aliphatic rings. The molecule has 6 heteroatoms. The Morgan fingerprint density at radius 2 is 1.00 bits per heavy atom. The summed E-state index contributed by atoms with van der Waals surface area (Å²) in [7, 11) is 0. The maximum absolute atomic E-state index is 13.0. The van der Waals surface area contributed by atoms with Gasteiger partial charge in [0.1, 0.15) is 0 Å². The fourth-order valence-electron chi connectivity index (χ4n) is 4.32. The van der Waals surface area contributed by atoms with Crippen molar-refractivity contribution in [2.24, 2.45) is 0 Å². The van der Waals surface area contributed by atoms with E-state index in [-0.39, 0.29) is 11.4 Å². The summed E-state index contributed by atoms with van der Waals surface area (Å²) in [5, 5.41) is 0. The number of carbonyl (C=O) groups excluding carboxylic acids is 1. The largest absolute Gasteiger partial charge is 0.412 e.